The molecule has 0 aromatic rings. The van der Waals surface area contributed by atoms with Crippen LogP contribution in [0.4, 0.5) is 0 Å². The summed E-state index contributed by atoms with van der Waals surface area (Å²) in [4.78, 5) is 0. The zero-order valence-electron chi connectivity index (χ0n) is 12.4. The summed E-state index contributed by atoms with van der Waals surface area (Å²) in [5, 5.41) is 3.59. The van der Waals surface area contributed by atoms with Crippen LogP contribution in [0, 0.1) is 10.8 Å². The Labute approximate surface area is 103 Å². The predicted molar refractivity (Wildman–Crippen MR) is 74.9 cm³/mol. The van der Waals surface area contributed by atoms with E-state index in [0.717, 1.165) is 6.54 Å². The second kappa shape index (κ2) is 7.32. The first-order chi connectivity index (χ1) is 7.33. The van der Waals surface area contributed by atoms with Crippen LogP contribution in [0.1, 0.15) is 73.6 Å². The molecule has 1 unspecified atom stereocenters. The van der Waals surface area contributed by atoms with Gasteiger partial charge in [0.15, 0.2) is 0 Å². The molecule has 1 atom stereocenters. The van der Waals surface area contributed by atoms with Gasteiger partial charge in [0.25, 0.3) is 0 Å². The largest absolute Gasteiger partial charge is 0.316 e. The van der Waals surface area contributed by atoms with E-state index >= 15 is 0 Å². The van der Waals surface area contributed by atoms with Crippen molar-refractivity contribution >= 4 is 0 Å². The standard InChI is InChI=1S/C15H33N/c1-7-9-10-15(6,8-2)11-12-16-13-14(3,4)5/h16H,7-13H2,1-6H3. The summed E-state index contributed by atoms with van der Waals surface area (Å²) in [5.74, 6) is 0. The average molecular weight is 227 g/mol. The van der Waals surface area contributed by atoms with Gasteiger partial charge in [-0.2, -0.15) is 0 Å². The molecule has 0 saturated carbocycles. The smallest absolute Gasteiger partial charge is 0.0000122 e. The molecule has 1 heteroatoms. The molecule has 0 aliphatic carbocycles. The SMILES string of the molecule is CCCCC(C)(CC)CCNCC(C)(C)C. The number of rotatable bonds is 8. The third kappa shape index (κ3) is 8.15. The summed E-state index contributed by atoms with van der Waals surface area (Å²) < 4.78 is 0. The molecule has 0 fully saturated rings. The first kappa shape index (κ1) is 16.0. The maximum Gasteiger partial charge on any atom is -0.0000122 e. The van der Waals surface area contributed by atoms with Crippen molar-refractivity contribution in [1.29, 1.82) is 0 Å². The molecule has 98 valence electrons. The molecule has 0 spiro atoms. The van der Waals surface area contributed by atoms with Gasteiger partial charge in [-0.15, -0.1) is 0 Å². The van der Waals surface area contributed by atoms with Crippen molar-refractivity contribution in [2.45, 2.75) is 73.6 Å². The molecule has 0 radical (unpaired) electrons. The molecule has 0 amide bonds. The van der Waals surface area contributed by atoms with Crippen LogP contribution in [0.15, 0.2) is 0 Å². The topological polar surface area (TPSA) is 12.0 Å². The Morgan fingerprint density at radius 2 is 1.56 bits per heavy atom. The Morgan fingerprint density at radius 3 is 2.00 bits per heavy atom. The van der Waals surface area contributed by atoms with Crippen LogP contribution in [0.3, 0.4) is 0 Å². The van der Waals surface area contributed by atoms with Gasteiger partial charge >= 0.3 is 0 Å². The molecule has 0 heterocycles. The Hall–Kier alpha value is -0.0400. The highest BCUT2D eigenvalue weighted by Gasteiger charge is 2.20. The van der Waals surface area contributed by atoms with Crippen LogP contribution < -0.4 is 5.32 Å². The second-order valence-electron chi connectivity index (χ2n) is 6.76. The highest BCUT2D eigenvalue weighted by molar-refractivity contribution is 4.74. The molecule has 0 aliphatic heterocycles. The van der Waals surface area contributed by atoms with Crippen molar-refractivity contribution in [3.05, 3.63) is 0 Å². The highest BCUT2D eigenvalue weighted by atomic mass is 14.9. The maximum atomic E-state index is 3.59. The number of hydrogen-bond acceptors (Lipinski definition) is 1. The van der Waals surface area contributed by atoms with E-state index in [1.807, 2.05) is 0 Å². The van der Waals surface area contributed by atoms with Crippen LogP contribution in [-0.2, 0) is 0 Å². The average Bonchev–Trinajstić information content (AvgIpc) is 2.20. The van der Waals surface area contributed by atoms with Crippen LogP contribution >= 0.6 is 0 Å². The van der Waals surface area contributed by atoms with Crippen molar-refractivity contribution in [1.82, 2.24) is 5.32 Å². The van der Waals surface area contributed by atoms with Gasteiger partial charge in [0.1, 0.15) is 0 Å². The number of unbranched alkanes of at least 4 members (excludes halogenated alkanes) is 1. The van der Waals surface area contributed by atoms with E-state index in [0.29, 0.717) is 10.8 Å². The normalized spacial score (nSPS) is 16.1. The summed E-state index contributed by atoms with van der Waals surface area (Å²) in [6.07, 6.45) is 6.72. The fraction of sp³-hybridized carbons (Fsp3) is 1.00. The van der Waals surface area contributed by atoms with Crippen molar-refractivity contribution in [2.75, 3.05) is 13.1 Å². The lowest BCUT2D eigenvalue weighted by Crippen LogP contribution is -2.30. The Kier molecular flexibility index (Phi) is 7.30. The molecule has 0 saturated heterocycles. The number of hydrogen-bond donors (Lipinski definition) is 1. The minimum absolute atomic E-state index is 0.409. The summed E-state index contributed by atoms with van der Waals surface area (Å²) >= 11 is 0. The van der Waals surface area contributed by atoms with E-state index in [2.05, 4.69) is 46.9 Å². The van der Waals surface area contributed by atoms with E-state index in [-0.39, 0.29) is 0 Å². The van der Waals surface area contributed by atoms with Crippen molar-refractivity contribution < 1.29 is 0 Å². The molecule has 1 nitrogen and oxygen atoms in total. The van der Waals surface area contributed by atoms with Crippen molar-refractivity contribution in [2.24, 2.45) is 10.8 Å². The van der Waals surface area contributed by atoms with E-state index in [1.54, 1.807) is 0 Å². The molecular weight excluding hydrogens is 194 g/mol. The van der Waals surface area contributed by atoms with Crippen LogP contribution in [0.5, 0.6) is 0 Å². The predicted octanol–water partition coefficient (Wildman–Crippen LogP) is 4.62. The van der Waals surface area contributed by atoms with Gasteiger partial charge in [0, 0.05) is 0 Å². The van der Waals surface area contributed by atoms with E-state index in [9.17, 15) is 0 Å². The minimum Gasteiger partial charge on any atom is -0.316 e. The third-order valence-corrected chi connectivity index (χ3v) is 3.55. The first-order valence-corrected chi connectivity index (χ1v) is 7.04. The molecule has 1 N–H and O–H groups in total. The molecule has 0 aliphatic rings. The zero-order valence-corrected chi connectivity index (χ0v) is 12.4. The van der Waals surface area contributed by atoms with Crippen molar-refractivity contribution in [3.8, 4) is 0 Å². The lowest BCUT2D eigenvalue weighted by molar-refractivity contribution is 0.244. The lowest BCUT2D eigenvalue weighted by Gasteiger charge is -2.29. The Bertz CT molecular complexity index is 169. The molecule has 0 aromatic carbocycles. The van der Waals surface area contributed by atoms with Gasteiger partial charge in [-0.1, -0.05) is 60.8 Å². The second-order valence-corrected chi connectivity index (χ2v) is 6.76. The van der Waals surface area contributed by atoms with Gasteiger partial charge in [0.2, 0.25) is 0 Å². The molecule has 16 heavy (non-hydrogen) atoms. The van der Waals surface area contributed by atoms with Gasteiger partial charge in [-0.05, 0) is 36.8 Å². The first-order valence-electron chi connectivity index (χ1n) is 7.04. The summed E-state index contributed by atoms with van der Waals surface area (Å²) in [5.41, 5.74) is 0.965. The zero-order chi connectivity index (χ0) is 12.7. The molecular formula is C15H33N. The number of nitrogens with one attached hydrogen (secondary N) is 1. The summed E-state index contributed by atoms with van der Waals surface area (Å²) in [7, 11) is 0. The maximum absolute atomic E-state index is 3.59. The molecule has 0 aromatic heterocycles. The molecule has 0 rings (SSSR count). The van der Waals surface area contributed by atoms with Crippen LogP contribution in [0.25, 0.3) is 0 Å². The lowest BCUT2D eigenvalue weighted by atomic mass is 9.79. The van der Waals surface area contributed by atoms with Crippen LogP contribution in [-0.4, -0.2) is 13.1 Å². The van der Waals surface area contributed by atoms with Crippen LogP contribution in [0.2, 0.25) is 0 Å². The minimum atomic E-state index is 0.409. The summed E-state index contributed by atoms with van der Waals surface area (Å²) in [6.45, 7) is 16.2. The third-order valence-electron chi connectivity index (χ3n) is 3.55. The van der Waals surface area contributed by atoms with Gasteiger partial charge in [-0.25, -0.2) is 0 Å². The fourth-order valence-corrected chi connectivity index (χ4v) is 1.94. The molecule has 0 bridgehead atoms. The van der Waals surface area contributed by atoms with Crippen molar-refractivity contribution in [3.63, 3.8) is 0 Å². The summed E-state index contributed by atoms with van der Waals surface area (Å²) in [6, 6.07) is 0. The van der Waals surface area contributed by atoms with Gasteiger partial charge < -0.3 is 5.32 Å². The van der Waals surface area contributed by atoms with E-state index in [4.69, 9.17) is 0 Å². The van der Waals surface area contributed by atoms with Gasteiger partial charge in [0.05, 0.1) is 0 Å². The highest BCUT2D eigenvalue weighted by Crippen LogP contribution is 2.31. The Balaban J connectivity index is 3.77. The quantitative estimate of drug-likeness (QED) is 0.597. The van der Waals surface area contributed by atoms with Gasteiger partial charge in [-0.3, -0.25) is 0 Å². The van der Waals surface area contributed by atoms with E-state index in [1.165, 1.54) is 38.6 Å². The fourth-order valence-electron chi connectivity index (χ4n) is 1.94. The monoisotopic (exact) mass is 227 g/mol. The van der Waals surface area contributed by atoms with E-state index < -0.39 is 0 Å². The Morgan fingerprint density at radius 1 is 0.938 bits per heavy atom.